The zero-order valence-corrected chi connectivity index (χ0v) is 71.3. The predicted molar refractivity (Wildman–Crippen MR) is 463 cm³/mol. The van der Waals surface area contributed by atoms with Crippen molar-refractivity contribution in [3.8, 4) is 0 Å². The van der Waals surface area contributed by atoms with E-state index in [0.717, 1.165) is 205 Å². The van der Waals surface area contributed by atoms with Crippen LogP contribution in [0, 0.1) is 0 Å². The molecule has 0 radical (unpaired) electrons. The van der Waals surface area contributed by atoms with E-state index < -0.39 is 97.5 Å². The zero-order chi connectivity index (χ0) is 81.7. The fourth-order valence-electron chi connectivity index (χ4n) is 10.7. The number of phosphoric ester groups is 2. The largest absolute Gasteiger partial charge is 0.472 e. The third-order valence-electron chi connectivity index (χ3n) is 17.0. The number of rotatable bonds is 78. The van der Waals surface area contributed by atoms with Crippen LogP contribution in [0.25, 0.3) is 0 Å². The Morgan fingerprint density at radius 1 is 0.259 bits per heavy atom. The van der Waals surface area contributed by atoms with Crippen molar-refractivity contribution in [2.45, 2.75) is 329 Å². The van der Waals surface area contributed by atoms with E-state index in [4.69, 9.17) is 37.0 Å². The first-order valence-corrected chi connectivity index (χ1v) is 45.7. The summed E-state index contributed by atoms with van der Waals surface area (Å²) in [5.74, 6) is -2.34. The molecule has 0 saturated heterocycles. The van der Waals surface area contributed by atoms with Gasteiger partial charge in [-0.15, -0.1) is 0 Å². The molecule has 0 aromatic heterocycles. The molecule has 5 atom stereocenters. The Morgan fingerprint density at radius 2 is 0.482 bits per heavy atom. The highest BCUT2D eigenvalue weighted by Crippen LogP contribution is 2.45. The van der Waals surface area contributed by atoms with Gasteiger partial charge in [-0.1, -0.05) is 306 Å². The molecule has 112 heavy (non-hydrogen) atoms. The van der Waals surface area contributed by atoms with E-state index in [1.54, 1.807) is 0 Å². The van der Waals surface area contributed by atoms with Crippen molar-refractivity contribution in [3.05, 3.63) is 194 Å². The molecule has 0 aromatic rings. The Kier molecular flexibility index (Phi) is 78.4. The third kappa shape index (κ3) is 81.9. The van der Waals surface area contributed by atoms with Crippen LogP contribution < -0.4 is 0 Å². The van der Waals surface area contributed by atoms with E-state index in [0.29, 0.717) is 32.1 Å². The summed E-state index contributed by atoms with van der Waals surface area (Å²) in [6, 6.07) is 0. The summed E-state index contributed by atoms with van der Waals surface area (Å²) in [5, 5.41) is 10.7. The van der Waals surface area contributed by atoms with Crippen molar-refractivity contribution in [1.82, 2.24) is 0 Å². The van der Waals surface area contributed by atoms with Crippen molar-refractivity contribution in [2.24, 2.45) is 0 Å². The van der Waals surface area contributed by atoms with Gasteiger partial charge in [0.05, 0.1) is 26.4 Å². The summed E-state index contributed by atoms with van der Waals surface area (Å²) >= 11 is 0. The highest BCUT2D eigenvalue weighted by Gasteiger charge is 2.30. The number of aliphatic hydroxyl groups is 1. The normalized spacial score (nSPS) is 14.7. The van der Waals surface area contributed by atoms with Crippen molar-refractivity contribution in [3.63, 3.8) is 0 Å². The van der Waals surface area contributed by atoms with E-state index in [9.17, 15) is 43.2 Å². The number of allylic oxidation sites excluding steroid dienone is 32. The summed E-state index contributed by atoms with van der Waals surface area (Å²) < 4.78 is 68.7. The summed E-state index contributed by atoms with van der Waals surface area (Å²) in [5.41, 5.74) is 0. The van der Waals surface area contributed by atoms with E-state index in [1.807, 2.05) is 18.2 Å². The molecule has 0 fully saturated rings. The van der Waals surface area contributed by atoms with Gasteiger partial charge in [-0.3, -0.25) is 37.3 Å². The van der Waals surface area contributed by atoms with Gasteiger partial charge in [-0.25, -0.2) is 9.13 Å². The monoisotopic (exact) mass is 1600 g/mol. The fourth-order valence-corrected chi connectivity index (χ4v) is 12.2. The molecule has 0 aliphatic carbocycles. The average Bonchev–Trinajstić information content (AvgIpc) is 0.895. The molecule has 0 bridgehead atoms. The number of hydrogen-bond donors (Lipinski definition) is 3. The minimum absolute atomic E-state index is 0.0261. The number of phosphoric acid groups is 2. The number of carbonyl (C=O) groups is 4. The van der Waals surface area contributed by atoms with Crippen molar-refractivity contribution in [2.75, 3.05) is 39.6 Å². The molecule has 0 spiro atoms. The van der Waals surface area contributed by atoms with E-state index in [2.05, 4.69) is 204 Å². The molecular formula is C93H150O17P2. The smallest absolute Gasteiger partial charge is 0.462 e. The molecule has 0 amide bonds. The molecule has 0 heterocycles. The lowest BCUT2D eigenvalue weighted by molar-refractivity contribution is -0.161. The molecule has 17 nitrogen and oxygen atoms in total. The Bertz CT molecular complexity index is 2890. The summed E-state index contributed by atoms with van der Waals surface area (Å²) in [6.45, 7) is 4.37. The van der Waals surface area contributed by atoms with Gasteiger partial charge in [0, 0.05) is 25.7 Å². The predicted octanol–water partition coefficient (Wildman–Crippen LogP) is 25.7. The summed E-state index contributed by atoms with van der Waals surface area (Å²) in [4.78, 5) is 73.3. The number of carbonyl (C=O) groups excluding carboxylic acids is 4. The molecule has 5 unspecified atom stereocenters. The van der Waals surface area contributed by atoms with Crippen LogP contribution in [0.15, 0.2) is 194 Å². The Hall–Kier alpha value is -6.10. The Morgan fingerprint density at radius 3 is 0.768 bits per heavy atom. The van der Waals surface area contributed by atoms with Crippen LogP contribution >= 0.6 is 15.6 Å². The zero-order valence-electron chi connectivity index (χ0n) is 69.5. The lowest BCUT2D eigenvalue weighted by Crippen LogP contribution is -2.30. The molecule has 0 aromatic carbocycles. The van der Waals surface area contributed by atoms with Gasteiger partial charge in [-0.05, 0) is 173 Å². The van der Waals surface area contributed by atoms with Crippen LogP contribution in [-0.4, -0.2) is 96.7 Å². The maximum Gasteiger partial charge on any atom is 0.472 e. The van der Waals surface area contributed by atoms with Gasteiger partial charge < -0.3 is 33.8 Å². The van der Waals surface area contributed by atoms with Gasteiger partial charge in [0.1, 0.15) is 19.3 Å². The standard InChI is InChI=1S/C93H150O17P2/c1-5-9-13-17-21-25-29-33-37-41-43-47-49-53-57-61-65-69-73-77-90(95)103-83-88(109-92(97)79-75-71-67-63-59-55-51-45-39-35-31-27-23-19-15-11-7-3)85-107-111(99,100)105-81-87(94)82-106-112(101,102)108-86-89(110-93(98)80-76-72-68-64-60-56-52-46-40-36-32-28-24-20-16-12-8-4)84-104-91(96)78-74-70-66-62-58-54-50-48-44-42-38-34-30-26-22-18-14-10-6-2/h9,11-13,15-16,21-28,33-40,43-44,47-48,52-53,56-57,65,69,87-89,94H,5-8,10,14,17-20,29-32,41-42,45-46,49-51,54-55,58-64,66-68,70-86H2,1-4H3,(H,99,100)(H,101,102)/b13-9-,15-11-,16-12-,25-21-,26-22-,27-23-,28-24-,37-33-,38-34-,39-35-,40-36-,47-43-,48-44-,56-52-,57-53-,69-65-. The highest BCUT2D eigenvalue weighted by molar-refractivity contribution is 7.47. The number of aliphatic hydroxyl groups excluding tert-OH is 1. The Balaban J connectivity index is 5.51. The van der Waals surface area contributed by atoms with Crippen molar-refractivity contribution in [1.29, 1.82) is 0 Å². The third-order valence-corrected chi connectivity index (χ3v) is 18.9. The van der Waals surface area contributed by atoms with Crippen LogP contribution in [0.2, 0.25) is 0 Å². The van der Waals surface area contributed by atoms with E-state index >= 15 is 0 Å². The number of hydrogen-bond acceptors (Lipinski definition) is 15. The SMILES string of the molecule is CC/C=C\C/C=C\C/C=C\C/C=C\C/C=C\C/C=C\CCC(=O)OCC(COP(=O)(O)OCC(O)COP(=O)(O)OCC(COC(=O)CCCCCCCC/C=C\C/C=C\C/C=C\CCCCC)OC(=O)CCCCCC/C=C\C/C=C\C/C=C\C/C=C\CC)OC(=O)CCCCCCCCC/C=C\C/C=C\C/C=C\CC. The lowest BCUT2D eigenvalue weighted by Gasteiger charge is -2.21. The van der Waals surface area contributed by atoms with Gasteiger partial charge in [-0.2, -0.15) is 0 Å². The molecule has 634 valence electrons. The number of unbranched alkanes of at least 4 members (excludes halogenated alkanes) is 20. The van der Waals surface area contributed by atoms with Gasteiger partial charge in [0.25, 0.3) is 0 Å². The molecule has 19 heteroatoms. The Labute approximate surface area is 678 Å². The van der Waals surface area contributed by atoms with Crippen LogP contribution in [0.4, 0.5) is 0 Å². The van der Waals surface area contributed by atoms with Crippen LogP contribution in [-0.2, 0) is 65.4 Å². The van der Waals surface area contributed by atoms with Crippen LogP contribution in [0.1, 0.15) is 310 Å². The van der Waals surface area contributed by atoms with Gasteiger partial charge >= 0.3 is 39.5 Å². The van der Waals surface area contributed by atoms with Gasteiger partial charge in [0.15, 0.2) is 12.2 Å². The first-order valence-electron chi connectivity index (χ1n) is 42.7. The minimum Gasteiger partial charge on any atom is -0.462 e. The van der Waals surface area contributed by atoms with E-state index in [1.165, 1.54) is 19.3 Å². The first kappa shape index (κ1) is 106. The number of esters is 4. The number of ether oxygens (including phenoxy) is 4. The quantitative estimate of drug-likeness (QED) is 0.0169. The molecule has 0 saturated carbocycles. The van der Waals surface area contributed by atoms with Crippen molar-refractivity contribution >= 4 is 39.5 Å². The average molecular weight is 1600 g/mol. The summed E-state index contributed by atoms with van der Waals surface area (Å²) in [7, 11) is -10.0. The molecule has 0 aliphatic heterocycles. The second kappa shape index (κ2) is 82.9. The molecule has 3 N–H and O–H groups in total. The first-order chi connectivity index (χ1) is 54.7. The van der Waals surface area contributed by atoms with E-state index in [-0.39, 0.29) is 25.7 Å². The van der Waals surface area contributed by atoms with Gasteiger partial charge in [0.2, 0.25) is 0 Å². The van der Waals surface area contributed by atoms with Crippen LogP contribution in [0.5, 0.6) is 0 Å². The maximum atomic E-state index is 13.1. The molecule has 0 rings (SSSR count). The second-order valence-corrected chi connectivity index (χ2v) is 30.5. The topological polar surface area (TPSA) is 237 Å². The van der Waals surface area contributed by atoms with Crippen LogP contribution in [0.3, 0.4) is 0 Å². The fraction of sp³-hybridized carbons (Fsp3) is 0.613. The van der Waals surface area contributed by atoms with Crippen molar-refractivity contribution < 1.29 is 80.2 Å². The second-order valence-electron chi connectivity index (χ2n) is 27.6. The maximum absolute atomic E-state index is 13.1. The minimum atomic E-state index is -5.01. The molecule has 0 aliphatic rings. The molecular weight excluding hydrogens is 1450 g/mol. The highest BCUT2D eigenvalue weighted by atomic mass is 31.2. The summed E-state index contributed by atoms with van der Waals surface area (Å²) in [6.07, 6.45) is 103. The lowest BCUT2D eigenvalue weighted by atomic mass is 10.1.